The molecule has 1 heterocycles. The molecule has 0 aliphatic heterocycles. The number of nitrogens with zero attached hydrogens (tertiary/aromatic N) is 2. The highest BCUT2D eigenvalue weighted by molar-refractivity contribution is 14.1. The average molecular weight is 316 g/mol. The van der Waals surface area contributed by atoms with E-state index in [4.69, 9.17) is 0 Å². The van der Waals surface area contributed by atoms with E-state index in [0.29, 0.717) is 0 Å². The highest BCUT2D eigenvalue weighted by Gasteiger charge is 2.08. The summed E-state index contributed by atoms with van der Waals surface area (Å²) in [4.78, 5) is 0. The Morgan fingerprint density at radius 1 is 1.21 bits per heavy atom. The maximum absolute atomic E-state index is 4.15. The molecule has 1 aromatic heterocycles. The van der Waals surface area contributed by atoms with Crippen LogP contribution in [-0.2, 0) is 0 Å². The van der Waals surface area contributed by atoms with Crippen molar-refractivity contribution in [3.05, 3.63) is 32.3 Å². The van der Waals surface area contributed by atoms with Crippen LogP contribution in [0.1, 0.15) is 11.1 Å². The lowest BCUT2D eigenvalue weighted by molar-refractivity contribution is 1.07. The summed E-state index contributed by atoms with van der Waals surface area (Å²) in [5.41, 5.74) is 3.79. The Morgan fingerprint density at radius 2 is 2.00 bits per heavy atom. The number of aryl methyl sites for hydroxylation is 1. The SMILES string of the molecule is Cc1cccc(-c2nnc(I)s2)c1C. The van der Waals surface area contributed by atoms with Gasteiger partial charge in [0.2, 0.25) is 0 Å². The minimum atomic E-state index is 0.985. The van der Waals surface area contributed by atoms with Crippen LogP contribution >= 0.6 is 33.9 Å². The van der Waals surface area contributed by atoms with E-state index in [1.807, 2.05) is 0 Å². The molecule has 0 saturated heterocycles. The predicted molar refractivity (Wildman–Crippen MR) is 67.5 cm³/mol. The van der Waals surface area contributed by atoms with Crippen molar-refractivity contribution in [3.63, 3.8) is 0 Å². The summed E-state index contributed by atoms with van der Waals surface area (Å²) in [6.07, 6.45) is 0. The van der Waals surface area contributed by atoms with E-state index in [2.05, 4.69) is 64.8 Å². The van der Waals surface area contributed by atoms with Gasteiger partial charge in [0, 0.05) is 5.56 Å². The van der Waals surface area contributed by atoms with Gasteiger partial charge in [0.15, 0.2) is 3.01 Å². The zero-order valence-corrected chi connectivity index (χ0v) is 10.9. The molecule has 0 N–H and O–H groups in total. The number of aromatic nitrogens is 2. The molecule has 0 unspecified atom stereocenters. The van der Waals surface area contributed by atoms with Crippen LogP contribution in [0, 0.1) is 16.9 Å². The molecule has 2 nitrogen and oxygen atoms in total. The van der Waals surface area contributed by atoms with Gasteiger partial charge in [-0.3, -0.25) is 0 Å². The Morgan fingerprint density at radius 3 is 2.64 bits per heavy atom. The summed E-state index contributed by atoms with van der Waals surface area (Å²) < 4.78 is 0.985. The second-order valence-corrected chi connectivity index (χ2v) is 5.84. The zero-order chi connectivity index (χ0) is 10.1. The van der Waals surface area contributed by atoms with Gasteiger partial charge in [-0.2, -0.15) is 0 Å². The lowest BCUT2D eigenvalue weighted by atomic mass is 10.0. The maximum Gasteiger partial charge on any atom is 0.178 e. The van der Waals surface area contributed by atoms with Crippen LogP contribution in [0.2, 0.25) is 0 Å². The fraction of sp³-hybridized carbons (Fsp3) is 0.200. The molecule has 2 rings (SSSR count). The van der Waals surface area contributed by atoms with Crippen LogP contribution in [0.15, 0.2) is 18.2 Å². The molecule has 0 bridgehead atoms. The Balaban J connectivity index is 2.57. The van der Waals surface area contributed by atoms with Gasteiger partial charge in [0.05, 0.1) is 0 Å². The van der Waals surface area contributed by atoms with Crippen molar-refractivity contribution in [2.45, 2.75) is 13.8 Å². The minimum Gasteiger partial charge on any atom is -0.137 e. The Bertz CT molecular complexity index is 465. The van der Waals surface area contributed by atoms with Gasteiger partial charge in [0.25, 0.3) is 0 Å². The number of hydrogen-bond donors (Lipinski definition) is 0. The highest BCUT2D eigenvalue weighted by Crippen LogP contribution is 2.28. The molecule has 0 fully saturated rings. The molecule has 0 radical (unpaired) electrons. The van der Waals surface area contributed by atoms with Gasteiger partial charge in [-0.25, -0.2) is 0 Å². The smallest absolute Gasteiger partial charge is 0.137 e. The minimum absolute atomic E-state index is 0.985. The summed E-state index contributed by atoms with van der Waals surface area (Å²) >= 11 is 3.82. The maximum atomic E-state index is 4.15. The molecular formula is C10H9IN2S. The molecule has 2 aromatic rings. The first-order valence-electron chi connectivity index (χ1n) is 4.24. The molecule has 0 aliphatic rings. The molecule has 0 saturated carbocycles. The van der Waals surface area contributed by atoms with Gasteiger partial charge >= 0.3 is 0 Å². The van der Waals surface area contributed by atoms with Crippen molar-refractivity contribution in [2.24, 2.45) is 0 Å². The molecule has 0 amide bonds. The molecule has 0 atom stereocenters. The first-order chi connectivity index (χ1) is 6.68. The van der Waals surface area contributed by atoms with Crippen LogP contribution in [-0.4, -0.2) is 10.2 Å². The number of hydrogen-bond acceptors (Lipinski definition) is 3. The van der Waals surface area contributed by atoms with E-state index in [0.717, 1.165) is 8.02 Å². The van der Waals surface area contributed by atoms with Crippen LogP contribution in [0.5, 0.6) is 0 Å². The Hall–Kier alpha value is -0.490. The van der Waals surface area contributed by atoms with E-state index in [-0.39, 0.29) is 0 Å². The third kappa shape index (κ3) is 1.81. The summed E-state index contributed by atoms with van der Waals surface area (Å²) in [6.45, 7) is 4.24. The monoisotopic (exact) mass is 316 g/mol. The lowest BCUT2D eigenvalue weighted by Gasteiger charge is -2.03. The zero-order valence-electron chi connectivity index (χ0n) is 7.91. The molecule has 0 aliphatic carbocycles. The lowest BCUT2D eigenvalue weighted by Crippen LogP contribution is -1.85. The average Bonchev–Trinajstić information content (AvgIpc) is 2.57. The van der Waals surface area contributed by atoms with Crippen molar-refractivity contribution >= 4 is 33.9 Å². The van der Waals surface area contributed by atoms with Crippen molar-refractivity contribution in [1.82, 2.24) is 10.2 Å². The third-order valence-corrected chi connectivity index (χ3v) is 3.86. The van der Waals surface area contributed by atoms with Crippen LogP contribution < -0.4 is 0 Å². The second-order valence-electron chi connectivity index (χ2n) is 3.11. The van der Waals surface area contributed by atoms with Crippen LogP contribution in [0.3, 0.4) is 0 Å². The van der Waals surface area contributed by atoms with Crippen molar-refractivity contribution < 1.29 is 0 Å². The topological polar surface area (TPSA) is 25.8 Å². The van der Waals surface area contributed by atoms with Crippen LogP contribution in [0.4, 0.5) is 0 Å². The fourth-order valence-electron chi connectivity index (χ4n) is 1.30. The molecule has 14 heavy (non-hydrogen) atoms. The molecule has 72 valence electrons. The molecule has 4 heteroatoms. The van der Waals surface area contributed by atoms with Crippen LogP contribution in [0.25, 0.3) is 10.6 Å². The summed E-state index contributed by atoms with van der Waals surface area (Å²) in [5, 5.41) is 9.18. The van der Waals surface area contributed by atoms with Gasteiger partial charge in [-0.05, 0) is 47.6 Å². The van der Waals surface area contributed by atoms with Gasteiger partial charge in [-0.15, -0.1) is 10.2 Å². The quantitative estimate of drug-likeness (QED) is 0.753. The van der Waals surface area contributed by atoms with E-state index in [9.17, 15) is 0 Å². The Labute approximate surface area is 101 Å². The first kappa shape index (κ1) is 10.0. The molecule has 1 aromatic carbocycles. The van der Waals surface area contributed by atoms with Crippen molar-refractivity contribution in [1.29, 1.82) is 0 Å². The Kier molecular flexibility index (Phi) is 2.83. The summed E-state index contributed by atoms with van der Waals surface area (Å²) in [7, 11) is 0. The second kappa shape index (κ2) is 3.94. The molecular weight excluding hydrogens is 307 g/mol. The van der Waals surface area contributed by atoms with E-state index in [1.54, 1.807) is 11.3 Å². The van der Waals surface area contributed by atoms with Gasteiger partial charge in [0.1, 0.15) is 5.01 Å². The largest absolute Gasteiger partial charge is 0.178 e. The number of benzene rings is 1. The van der Waals surface area contributed by atoms with E-state index < -0.39 is 0 Å². The van der Waals surface area contributed by atoms with Crippen molar-refractivity contribution in [2.75, 3.05) is 0 Å². The predicted octanol–water partition coefficient (Wildman–Crippen LogP) is 3.43. The fourth-order valence-corrected chi connectivity index (χ4v) is 2.68. The summed E-state index contributed by atoms with van der Waals surface area (Å²) in [6, 6.07) is 6.27. The van der Waals surface area contributed by atoms with Gasteiger partial charge in [-0.1, -0.05) is 29.5 Å². The summed E-state index contributed by atoms with van der Waals surface area (Å²) in [5.74, 6) is 0. The van der Waals surface area contributed by atoms with Gasteiger partial charge < -0.3 is 0 Å². The highest BCUT2D eigenvalue weighted by atomic mass is 127. The number of rotatable bonds is 1. The standard InChI is InChI=1S/C10H9IN2S/c1-6-4-3-5-8(7(6)2)9-12-13-10(11)14-9/h3-5H,1-2H3. The first-order valence-corrected chi connectivity index (χ1v) is 6.13. The normalized spacial score (nSPS) is 10.5. The van der Waals surface area contributed by atoms with Crippen molar-refractivity contribution in [3.8, 4) is 10.6 Å². The van der Waals surface area contributed by atoms with E-state index >= 15 is 0 Å². The number of halogens is 1. The third-order valence-electron chi connectivity index (χ3n) is 2.24. The van der Waals surface area contributed by atoms with E-state index in [1.165, 1.54) is 16.7 Å². The molecule has 0 spiro atoms.